The molecule has 0 saturated carbocycles. The van der Waals surface area contributed by atoms with Gasteiger partial charge in [-0.15, -0.1) is 0 Å². The maximum Gasteiger partial charge on any atom is 0.0597 e. The van der Waals surface area contributed by atoms with Crippen molar-refractivity contribution in [2.24, 2.45) is 0 Å². The van der Waals surface area contributed by atoms with Gasteiger partial charge in [0.1, 0.15) is 0 Å². The second kappa shape index (κ2) is 10.9. The van der Waals surface area contributed by atoms with Gasteiger partial charge in [-0.25, -0.2) is 0 Å². The molecule has 1 aliphatic heterocycles. The smallest absolute Gasteiger partial charge is 0.0597 e. The largest absolute Gasteiger partial charge is 0.395 e. The molecule has 17 heavy (non-hydrogen) atoms. The monoisotopic (exact) mass is 245 g/mol. The molecule has 0 unspecified atom stereocenters. The maximum atomic E-state index is 9.19. The van der Waals surface area contributed by atoms with Crippen molar-refractivity contribution in [1.29, 1.82) is 0 Å². The van der Waals surface area contributed by atoms with E-state index in [2.05, 4.69) is 26.6 Å². The van der Waals surface area contributed by atoms with E-state index in [1.165, 1.54) is 0 Å². The van der Waals surface area contributed by atoms with Crippen LogP contribution in [0, 0.1) is 0 Å². The Kier molecular flexibility index (Phi) is 9.49. The van der Waals surface area contributed by atoms with Crippen LogP contribution in [0.4, 0.5) is 0 Å². The van der Waals surface area contributed by atoms with Crippen LogP contribution in [0.15, 0.2) is 0 Å². The van der Waals surface area contributed by atoms with E-state index in [1.807, 2.05) is 0 Å². The predicted octanol–water partition coefficient (Wildman–Crippen LogP) is -2.69. The molecule has 6 heteroatoms. The van der Waals surface area contributed by atoms with Crippen molar-refractivity contribution in [3.05, 3.63) is 0 Å². The molecule has 1 heterocycles. The highest BCUT2D eigenvalue weighted by Gasteiger charge is 2.05. The fraction of sp³-hybridized carbons (Fsp3) is 1.00. The molecule has 6 nitrogen and oxygen atoms in total. The lowest BCUT2D eigenvalue weighted by atomic mass is 10.3. The number of aliphatic hydroxyl groups excluding tert-OH is 1. The fourth-order valence-corrected chi connectivity index (χ4v) is 1.75. The number of aliphatic hydroxyl groups is 1. The van der Waals surface area contributed by atoms with Crippen molar-refractivity contribution in [2.45, 2.75) is 6.04 Å². The molecule has 1 aliphatic rings. The molecular formula is C11H27N5O. The van der Waals surface area contributed by atoms with Crippen LogP contribution in [-0.4, -0.2) is 76.7 Å². The predicted molar refractivity (Wildman–Crippen MR) is 70.4 cm³/mol. The van der Waals surface area contributed by atoms with E-state index in [1.54, 1.807) is 0 Å². The first-order valence-corrected chi connectivity index (χ1v) is 6.60. The van der Waals surface area contributed by atoms with E-state index in [-0.39, 0.29) is 12.6 Å². The van der Waals surface area contributed by atoms with Crippen LogP contribution < -0.4 is 26.6 Å². The summed E-state index contributed by atoms with van der Waals surface area (Å²) in [4.78, 5) is 0. The molecule has 0 aliphatic carbocycles. The van der Waals surface area contributed by atoms with Crippen molar-refractivity contribution in [3.63, 3.8) is 0 Å². The van der Waals surface area contributed by atoms with Crippen LogP contribution >= 0.6 is 0 Å². The molecule has 6 N–H and O–H groups in total. The molecular weight excluding hydrogens is 218 g/mol. The summed E-state index contributed by atoms with van der Waals surface area (Å²) < 4.78 is 0. The molecule has 0 aromatic heterocycles. The quantitative estimate of drug-likeness (QED) is 0.302. The number of rotatable bonds is 1. The highest BCUT2D eigenvalue weighted by Crippen LogP contribution is 1.79. The third-order valence-corrected chi connectivity index (χ3v) is 2.78. The minimum atomic E-state index is 0.153. The van der Waals surface area contributed by atoms with Gasteiger partial charge in [0.2, 0.25) is 0 Å². The summed E-state index contributed by atoms with van der Waals surface area (Å²) in [6.45, 7) is 8.75. The van der Waals surface area contributed by atoms with E-state index < -0.39 is 0 Å². The van der Waals surface area contributed by atoms with Gasteiger partial charge in [-0.1, -0.05) is 0 Å². The van der Waals surface area contributed by atoms with Gasteiger partial charge in [0.25, 0.3) is 0 Å². The Bertz CT molecular complexity index is 154. The van der Waals surface area contributed by atoms with Gasteiger partial charge < -0.3 is 31.7 Å². The van der Waals surface area contributed by atoms with Gasteiger partial charge in [-0.2, -0.15) is 0 Å². The third kappa shape index (κ3) is 8.48. The number of nitrogens with one attached hydrogen (secondary N) is 5. The molecule has 0 radical (unpaired) electrons. The summed E-state index contributed by atoms with van der Waals surface area (Å²) >= 11 is 0. The fourth-order valence-electron chi connectivity index (χ4n) is 1.75. The van der Waals surface area contributed by atoms with Crippen LogP contribution in [0.5, 0.6) is 0 Å². The highest BCUT2D eigenvalue weighted by atomic mass is 16.3. The molecule has 0 aromatic carbocycles. The van der Waals surface area contributed by atoms with E-state index in [0.29, 0.717) is 0 Å². The van der Waals surface area contributed by atoms with Crippen LogP contribution in [0.3, 0.4) is 0 Å². The Labute approximate surface area is 104 Å². The minimum absolute atomic E-state index is 0.153. The summed E-state index contributed by atoms with van der Waals surface area (Å²) in [6.07, 6.45) is 0. The van der Waals surface area contributed by atoms with E-state index in [4.69, 9.17) is 0 Å². The van der Waals surface area contributed by atoms with Crippen molar-refractivity contribution in [3.8, 4) is 0 Å². The van der Waals surface area contributed by atoms with Crippen molar-refractivity contribution in [2.75, 3.05) is 65.5 Å². The van der Waals surface area contributed by atoms with Crippen LogP contribution in [-0.2, 0) is 0 Å². The Balaban J connectivity index is 2.16. The summed E-state index contributed by atoms with van der Waals surface area (Å²) in [6, 6.07) is 0.153. The van der Waals surface area contributed by atoms with Crippen LogP contribution in [0.1, 0.15) is 0 Å². The Morgan fingerprint density at radius 1 is 0.706 bits per heavy atom. The average molecular weight is 245 g/mol. The molecule has 102 valence electrons. The number of hydrogen-bond acceptors (Lipinski definition) is 6. The SMILES string of the molecule is OC[C@H]1CNCCNCCNCCNCCN1. The minimum Gasteiger partial charge on any atom is -0.395 e. The maximum absolute atomic E-state index is 9.19. The summed E-state index contributed by atoms with van der Waals surface area (Å²) in [5.41, 5.74) is 0. The molecule has 1 saturated heterocycles. The molecule has 0 amide bonds. The lowest BCUT2D eigenvalue weighted by Crippen LogP contribution is -2.45. The van der Waals surface area contributed by atoms with Crippen molar-refractivity contribution in [1.82, 2.24) is 26.6 Å². The molecule has 0 spiro atoms. The van der Waals surface area contributed by atoms with Crippen molar-refractivity contribution < 1.29 is 5.11 Å². The molecule has 0 bridgehead atoms. The highest BCUT2D eigenvalue weighted by molar-refractivity contribution is 4.70. The average Bonchev–Trinajstić information content (AvgIpc) is 2.36. The zero-order chi connectivity index (χ0) is 12.2. The first-order chi connectivity index (χ1) is 8.43. The van der Waals surface area contributed by atoms with Gasteiger partial charge in [-0.05, 0) is 0 Å². The third-order valence-electron chi connectivity index (χ3n) is 2.78. The van der Waals surface area contributed by atoms with Crippen LogP contribution in [0.25, 0.3) is 0 Å². The van der Waals surface area contributed by atoms with Crippen LogP contribution in [0.2, 0.25) is 0 Å². The standard InChI is InChI=1S/C11H27N5O/c17-10-11-9-15-6-5-13-2-1-12-3-4-14-7-8-16-11/h11-17H,1-10H2/t11-/m1/s1. The lowest BCUT2D eigenvalue weighted by Gasteiger charge is -2.17. The summed E-state index contributed by atoms with van der Waals surface area (Å²) in [5, 5.41) is 25.9. The van der Waals surface area contributed by atoms with Crippen molar-refractivity contribution >= 4 is 0 Å². The van der Waals surface area contributed by atoms with Gasteiger partial charge in [0.05, 0.1) is 6.61 Å². The molecule has 1 atom stereocenters. The second-order valence-electron chi connectivity index (χ2n) is 4.29. The van der Waals surface area contributed by atoms with Gasteiger partial charge >= 0.3 is 0 Å². The lowest BCUT2D eigenvalue weighted by molar-refractivity contribution is 0.239. The number of hydrogen-bond donors (Lipinski definition) is 6. The first-order valence-electron chi connectivity index (χ1n) is 6.60. The Morgan fingerprint density at radius 2 is 1.18 bits per heavy atom. The Hall–Kier alpha value is -0.240. The second-order valence-corrected chi connectivity index (χ2v) is 4.29. The van der Waals surface area contributed by atoms with E-state index >= 15 is 0 Å². The Morgan fingerprint density at radius 3 is 1.71 bits per heavy atom. The normalized spacial score (nSPS) is 27.0. The first kappa shape index (κ1) is 14.8. The topological polar surface area (TPSA) is 80.4 Å². The van der Waals surface area contributed by atoms with Gasteiger partial charge in [-0.3, -0.25) is 0 Å². The van der Waals surface area contributed by atoms with Gasteiger partial charge in [0.15, 0.2) is 0 Å². The molecule has 0 aromatic rings. The molecule has 1 fully saturated rings. The van der Waals surface area contributed by atoms with E-state index in [9.17, 15) is 5.11 Å². The van der Waals surface area contributed by atoms with E-state index in [0.717, 1.165) is 58.9 Å². The zero-order valence-corrected chi connectivity index (χ0v) is 10.6. The molecule has 1 rings (SSSR count). The van der Waals surface area contributed by atoms with Gasteiger partial charge in [0, 0.05) is 64.9 Å². The zero-order valence-electron chi connectivity index (χ0n) is 10.6. The summed E-state index contributed by atoms with van der Waals surface area (Å²) in [5.74, 6) is 0. The summed E-state index contributed by atoms with van der Waals surface area (Å²) in [7, 11) is 0.